The summed E-state index contributed by atoms with van der Waals surface area (Å²) in [5, 5.41) is 0.299. The molecule has 1 fully saturated rings. The van der Waals surface area contributed by atoms with Crippen molar-refractivity contribution >= 4 is 16.9 Å². The zero-order valence-electron chi connectivity index (χ0n) is 9.45. The van der Waals surface area contributed by atoms with Gasteiger partial charge in [-0.2, -0.15) is 0 Å². The van der Waals surface area contributed by atoms with Crippen LogP contribution in [0.25, 0.3) is 0 Å². The number of piperidine rings is 1. The minimum atomic E-state index is 0.299. The first-order valence-electron chi connectivity index (χ1n) is 5.42. The third-order valence-electron chi connectivity index (χ3n) is 3.16. The quantitative estimate of drug-likeness (QED) is 0.720. The fourth-order valence-electron chi connectivity index (χ4n) is 2.02. The molecule has 0 N–H and O–H groups in total. The number of carbonyl (C=O) groups excluding carboxylic acids is 1. The lowest BCUT2D eigenvalue weighted by molar-refractivity contribution is -0.112. The van der Waals surface area contributed by atoms with E-state index in [1.807, 2.05) is 6.26 Å². The van der Waals surface area contributed by atoms with Crippen molar-refractivity contribution in [2.24, 2.45) is 11.8 Å². The summed E-state index contributed by atoms with van der Waals surface area (Å²) in [5.74, 6) is 1.67. The van der Waals surface area contributed by atoms with E-state index >= 15 is 0 Å². The molecule has 0 unspecified atom stereocenters. The summed E-state index contributed by atoms with van der Waals surface area (Å²) in [6, 6.07) is 0. The summed E-state index contributed by atoms with van der Waals surface area (Å²) in [4.78, 5) is 13.5. The number of nitrogens with zero attached hydrogens (tertiary/aromatic N) is 1. The molecule has 0 bridgehead atoms. The van der Waals surface area contributed by atoms with Gasteiger partial charge in [-0.1, -0.05) is 25.6 Å². The van der Waals surface area contributed by atoms with Crippen LogP contribution in [0.4, 0.5) is 0 Å². The summed E-state index contributed by atoms with van der Waals surface area (Å²) in [6.45, 7) is 7.46. The predicted octanol–water partition coefficient (Wildman–Crippen LogP) is 2.24. The number of hydrogen-bond donors (Lipinski definition) is 0. The van der Waals surface area contributed by atoms with Gasteiger partial charge in [0.15, 0.2) is 0 Å². The summed E-state index contributed by atoms with van der Waals surface area (Å²) < 4.78 is 0. The van der Waals surface area contributed by atoms with Gasteiger partial charge in [0.25, 0.3) is 0 Å². The fourth-order valence-corrected chi connectivity index (χ4v) is 2.34. The summed E-state index contributed by atoms with van der Waals surface area (Å²) in [5.41, 5.74) is 0. The highest BCUT2D eigenvalue weighted by molar-refractivity contribution is 8.13. The SMILES string of the molecule is CSC(=O)CN1CCC(C(C)C)CC1. The zero-order chi connectivity index (χ0) is 10.6. The van der Waals surface area contributed by atoms with Gasteiger partial charge in [-0.25, -0.2) is 0 Å². The van der Waals surface area contributed by atoms with Gasteiger partial charge in [0.2, 0.25) is 5.12 Å². The van der Waals surface area contributed by atoms with Crippen molar-refractivity contribution in [2.45, 2.75) is 26.7 Å². The molecule has 1 aliphatic heterocycles. The van der Waals surface area contributed by atoms with E-state index < -0.39 is 0 Å². The maximum Gasteiger partial charge on any atom is 0.202 e. The molecule has 82 valence electrons. The third-order valence-corrected chi connectivity index (χ3v) is 3.74. The Kier molecular flexibility index (Phi) is 4.96. The molecule has 1 rings (SSSR count). The molecule has 0 saturated carbocycles. The highest BCUT2D eigenvalue weighted by Gasteiger charge is 2.22. The molecule has 0 aromatic rings. The molecule has 1 aliphatic rings. The molecule has 0 amide bonds. The van der Waals surface area contributed by atoms with E-state index in [0.717, 1.165) is 24.9 Å². The second-order valence-electron chi connectivity index (χ2n) is 4.43. The summed E-state index contributed by atoms with van der Waals surface area (Å²) in [7, 11) is 0. The molecule has 0 aromatic carbocycles. The van der Waals surface area contributed by atoms with Gasteiger partial charge in [-0.05, 0) is 44.0 Å². The van der Waals surface area contributed by atoms with Gasteiger partial charge >= 0.3 is 0 Å². The molecular weight excluding hydrogens is 194 g/mol. The second kappa shape index (κ2) is 5.76. The van der Waals surface area contributed by atoms with Crippen LogP contribution in [-0.4, -0.2) is 35.9 Å². The first-order chi connectivity index (χ1) is 6.63. The molecule has 14 heavy (non-hydrogen) atoms. The first-order valence-corrected chi connectivity index (χ1v) is 6.65. The number of thioether (sulfide) groups is 1. The Morgan fingerprint density at radius 2 is 2.00 bits per heavy atom. The molecule has 0 atom stereocenters. The van der Waals surface area contributed by atoms with Crippen LogP contribution in [0.5, 0.6) is 0 Å². The normalized spacial score (nSPS) is 20.3. The lowest BCUT2D eigenvalue weighted by atomic mass is 9.87. The van der Waals surface area contributed by atoms with E-state index in [1.54, 1.807) is 0 Å². The Hall–Kier alpha value is -0.0200. The topological polar surface area (TPSA) is 20.3 Å². The van der Waals surface area contributed by atoms with Crippen LogP contribution in [0.3, 0.4) is 0 Å². The highest BCUT2D eigenvalue weighted by atomic mass is 32.2. The highest BCUT2D eigenvalue weighted by Crippen LogP contribution is 2.24. The first kappa shape index (κ1) is 12.1. The number of rotatable bonds is 3. The zero-order valence-corrected chi connectivity index (χ0v) is 10.3. The third kappa shape index (κ3) is 3.62. The monoisotopic (exact) mass is 215 g/mol. The van der Waals surface area contributed by atoms with Gasteiger partial charge in [0.05, 0.1) is 6.54 Å². The molecule has 0 radical (unpaired) electrons. The van der Waals surface area contributed by atoms with Crippen molar-refractivity contribution in [1.82, 2.24) is 4.90 Å². The van der Waals surface area contributed by atoms with Gasteiger partial charge < -0.3 is 0 Å². The number of hydrogen-bond acceptors (Lipinski definition) is 3. The van der Waals surface area contributed by atoms with Crippen LogP contribution in [0.1, 0.15) is 26.7 Å². The van der Waals surface area contributed by atoms with Crippen LogP contribution in [0, 0.1) is 11.8 Å². The van der Waals surface area contributed by atoms with Crippen molar-refractivity contribution in [3.8, 4) is 0 Å². The van der Waals surface area contributed by atoms with Crippen molar-refractivity contribution in [3.05, 3.63) is 0 Å². The van der Waals surface area contributed by atoms with Gasteiger partial charge in [-0.15, -0.1) is 0 Å². The molecule has 2 nitrogen and oxygen atoms in total. The number of likely N-dealkylation sites (tertiary alicyclic amines) is 1. The van der Waals surface area contributed by atoms with Crippen molar-refractivity contribution < 1.29 is 4.79 Å². The van der Waals surface area contributed by atoms with E-state index in [4.69, 9.17) is 0 Å². The van der Waals surface area contributed by atoms with Gasteiger partial charge in [-0.3, -0.25) is 9.69 Å². The molecule has 3 heteroatoms. The Morgan fingerprint density at radius 3 is 2.43 bits per heavy atom. The largest absolute Gasteiger partial charge is 0.295 e. The minimum Gasteiger partial charge on any atom is -0.295 e. The van der Waals surface area contributed by atoms with E-state index in [0.29, 0.717) is 11.7 Å². The summed E-state index contributed by atoms with van der Waals surface area (Å²) in [6.07, 6.45) is 4.39. The van der Waals surface area contributed by atoms with Crippen LogP contribution < -0.4 is 0 Å². The lowest BCUT2D eigenvalue weighted by Crippen LogP contribution is -2.37. The Labute approximate surface area is 91.4 Å². The maximum absolute atomic E-state index is 11.2. The van der Waals surface area contributed by atoms with E-state index in [2.05, 4.69) is 18.7 Å². The van der Waals surface area contributed by atoms with Crippen molar-refractivity contribution in [3.63, 3.8) is 0 Å². The van der Waals surface area contributed by atoms with Crippen molar-refractivity contribution in [2.75, 3.05) is 25.9 Å². The van der Waals surface area contributed by atoms with E-state index in [-0.39, 0.29) is 0 Å². The summed E-state index contributed by atoms with van der Waals surface area (Å²) >= 11 is 1.34. The lowest BCUT2D eigenvalue weighted by Gasteiger charge is -2.33. The van der Waals surface area contributed by atoms with Gasteiger partial charge in [0, 0.05) is 0 Å². The van der Waals surface area contributed by atoms with Crippen LogP contribution in [0.2, 0.25) is 0 Å². The Bertz CT molecular complexity index is 186. The van der Waals surface area contributed by atoms with Crippen LogP contribution in [-0.2, 0) is 4.79 Å². The van der Waals surface area contributed by atoms with E-state index in [1.165, 1.54) is 24.6 Å². The second-order valence-corrected chi connectivity index (χ2v) is 5.30. The smallest absolute Gasteiger partial charge is 0.202 e. The average molecular weight is 215 g/mol. The van der Waals surface area contributed by atoms with Crippen LogP contribution in [0.15, 0.2) is 0 Å². The minimum absolute atomic E-state index is 0.299. The molecule has 1 heterocycles. The van der Waals surface area contributed by atoms with Gasteiger partial charge in [0.1, 0.15) is 0 Å². The average Bonchev–Trinajstić information content (AvgIpc) is 2.18. The number of carbonyl (C=O) groups is 1. The molecule has 0 spiro atoms. The molecule has 0 aromatic heterocycles. The van der Waals surface area contributed by atoms with Crippen LogP contribution >= 0.6 is 11.8 Å². The predicted molar refractivity (Wildman–Crippen MR) is 62.5 cm³/mol. The standard InChI is InChI=1S/C11H21NOS/c1-9(2)10-4-6-12(7-5-10)8-11(13)14-3/h9-10H,4-8H2,1-3H3. The molecule has 0 aliphatic carbocycles. The Balaban J connectivity index is 2.25. The molecule has 1 saturated heterocycles. The van der Waals surface area contributed by atoms with Crippen molar-refractivity contribution in [1.29, 1.82) is 0 Å². The Morgan fingerprint density at radius 1 is 1.43 bits per heavy atom. The fraction of sp³-hybridized carbons (Fsp3) is 0.909. The molecular formula is C11H21NOS. The van der Waals surface area contributed by atoms with E-state index in [9.17, 15) is 4.79 Å². The maximum atomic E-state index is 11.2.